The van der Waals surface area contributed by atoms with Gasteiger partial charge in [0.05, 0.1) is 13.2 Å². The van der Waals surface area contributed by atoms with E-state index in [1.807, 2.05) is 32.0 Å². The second-order valence-electron chi connectivity index (χ2n) is 3.22. The van der Waals surface area contributed by atoms with Gasteiger partial charge in [-0.25, -0.2) is 4.85 Å². The summed E-state index contributed by atoms with van der Waals surface area (Å²) in [6.45, 7) is 11.4. The minimum absolute atomic E-state index is 0.273. The topological polar surface area (TPSA) is 13.6 Å². The van der Waals surface area contributed by atoms with E-state index in [0.29, 0.717) is 11.5 Å². The monoisotopic (exact) mass is 251 g/mol. The summed E-state index contributed by atoms with van der Waals surface area (Å²) in [6.07, 6.45) is 0. The number of hydrogen-bond acceptors (Lipinski definition) is 3. The molecule has 4 heteroatoms. The van der Waals surface area contributed by atoms with Crippen LogP contribution in [0, 0.1) is 13.5 Å². The zero-order valence-corrected chi connectivity index (χ0v) is 11.0. The summed E-state index contributed by atoms with van der Waals surface area (Å²) in [7, 11) is 0. The van der Waals surface area contributed by atoms with Crippen molar-refractivity contribution < 1.29 is 4.74 Å². The molecule has 84 valence electrons. The summed E-state index contributed by atoms with van der Waals surface area (Å²) in [5.41, 5.74) is 1.90. The van der Waals surface area contributed by atoms with Crippen LogP contribution < -0.4 is 4.74 Å². The molecule has 0 bridgehead atoms. The van der Waals surface area contributed by atoms with Crippen molar-refractivity contribution in [2.75, 3.05) is 6.61 Å². The number of thiol groups is 2. The molecule has 0 radical (unpaired) electrons. The van der Waals surface area contributed by atoms with E-state index in [1.54, 1.807) is 0 Å². The molecule has 0 heterocycles. The Morgan fingerprint density at radius 2 is 2.12 bits per heavy atom. The number of hydrogen-bond donors (Lipinski definition) is 2. The highest BCUT2D eigenvalue weighted by atomic mass is 32.1. The highest BCUT2D eigenvalue weighted by molar-refractivity contribution is 7.93. The lowest BCUT2D eigenvalue weighted by atomic mass is 10.1. The van der Waals surface area contributed by atoms with Gasteiger partial charge in [0.25, 0.3) is 0 Å². The fourth-order valence-corrected chi connectivity index (χ4v) is 1.63. The maximum Gasteiger partial charge on any atom is 0.231 e. The van der Waals surface area contributed by atoms with Gasteiger partial charge < -0.3 is 4.74 Å². The molecule has 0 atom stereocenters. The Morgan fingerprint density at radius 3 is 2.69 bits per heavy atom. The lowest BCUT2D eigenvalue weighted by Crippen LogP contribution is -1.95. The van der Waals surface area contributed by atoms with Crippen molar-refractivity contribution in [2.45, 2.75) is 13.8 Å². The van der Waals surface area contributed by atoms with Crippen LogP contribution in [0.1, 0.15) is 18.1 Å². The molecule has 0 aliphatic rings. The Hall–Kier alpha value is -1.05. The predicted molar refractivity (Wildman–Crippen MR) is 73.8 cm³/mol. The van der Waals surface area contributed by atoms with Gasteiger partial charge >= 0.3 is 0 Å². The van der Waals surface area contributed by atoms with Gasteiger partial charge in [0, 0.05) is 10.5 Å². The fourth-order valence-electron chi connectivity index (χ4n) is 1.28. The van der Waals surface area contributed by atoms with E-state index >= 15 is 0 Å². The van der Waals surface area contributed by atoms with Crippen LogP contribution in [-0.4, -0.2) is 6.61 Å². The van der Waals surface area contributed by atoms with Crippen molar-refractivity contribution in [1.82, 2.24) is 0 Å². The molecule has 0 spiro atoms. The van der Waals surface area contributed by atoms with Crippen molar-refractivity contribution in [3.63, 3.8) is 0 Å². The van der Waals surface area contributed by atoms with Gasteiger partial charge in [0.2, 0.25) is 5.03 Å². The largest absolute Gasteiger partial charge is 0.493 e. The van der Waals surface area contributed by atoms with E-state index in [-0.39, 0.29) is 5.03 Å². The first-order valence-electron chi connectivity index (χ1n) is 4.83. The van der Waals surface area contributed by atoms with E-state index < -0.39 is 0 Å². The Labute approximate surface area is 107 Å². The van der Waals surface area contributed by atoms with Gasteiger partial charge in [-0.2, -0.15) is 25.3 Å². The molecule has 1 aromatic carbocycles. The first kappa shape index (κ1) is 13.0. The van der Waals surface area contributed by atoms with Crippen molar-refractivity contribution in [1.29, 1.82) is 0 Å². The molecule has 1 aromatic rings. The normalized spacial score (nSPS) is 11.7. The summed E-state index contributed by atoms with van der Waals surface area (Å²) >= 11 is 8.39. The summed E-state index contributed by atoms with van der Waals surface area (Å²) in [5, 5.41) is 0.273. The van der Waals surface area contributed by atoms with Gasteiger partial charge in [-0.15, -0.1) is 0 Å². The molecular weight excluding hydrogens is 238 g/mol. The number of aryl methyl sites for hydroxylation is 1. The van der Waals surface area contributed by atoms with Gasteiger partial charge in [-0.1, -0.05) is 11.6 Å². The van der Waals surface area contributed by atoms with Crippen molar-refractivity contribution in [3.05, 3.63) is 45.8 Å². The molecule has 2 nitrogen and oxygen atoms in total. The highest BCUT2D eigenvalue weighted by Gasteiger charge is 2.09. The quantitative estimate of drug-likeness (QED) is 0.616. The molecule has 0 aliphatic carbocycles. The van der Waals surface area contributed by atoms with Crippen LogP contribution in [0.2, 0.25) is 0 Å². The van der Waals surface area contributed by atoms with E-state index in [0.717, 1.165) is 16.9 Å². The van der Waals surface area contributed by atoms with Gasteiger partial charge in [0.15, 0.2) is 0 Å². The number of nitrogens with zero attached hydrogens (tertiary/aromatic N) is 1. The van der Waals surface area contributed by atoms with Crippen molar-refractivity contribution in [3.8, 4) is 5.75 Å². The van der Waals surface area contributed by atoms with Crippen LogP contribution in [0.15, 0.2) is 23.2 Å². The third kappa shape index (κ3) is 2.97. The number of rotatable bonds is 3. The molecule has 0 fully saturated rings. The molecule has 0 amide bonds. The van der Waals surface area contributed by atoms with Gasteiger partial charge in [-0.05, 0) is 26.0 Å². The summed E-state index contributed by atoms with van der Waals surface area (Å²) < 4.78 is 5.49. The zero-order chi connectivity index (χ0) is 12.1. The third-order valence-corrected chi connectivity index (χ3v) is 2.96. The Bertz CT molecular complexity index is 461. The summed E-state index contributed by atoms with van der Waals surface area (Å²) in [5.74, 6) is 0.730. The summed E-state index contributed by atoms with van der Waals surface area (Å²) in [4.78, 5) is 3.80. The van der Waals surface area contributed by atoms with Crippen LogP contribution in [0.4, 0.5) is 0 Å². The zero-order valence-electron chi connectivity index (χ0n) is 9.19. The fraction of sp³-hybridized carbons (Fsp3) is 0.250. The Kier molecular flexibility index (Phi) is 4.78. The van der Waals surface area contributed by atoms with Crippen LogP contribution in [0.3, 0.4) is 0 Å². The van der Waals surface area contributed by atoms with Crippen LogP contribution in [0.25, 0.3) is 9.75 Å². The maximum absolute atomic E-state index is 6.92. The molecule has 0 aliphatic heterocycles. The molecule has 0 aromatic heterocycles. The standard InChI is InChI=1S/C12H13NOS2/c1-4-14-10-6-5-8(2)7-9(10)11(15)12(16)13-3/h5-7,15-16H,4H2,1-2H3. The number of ether oxygens (including phenoxy) is 1. The van der Waals surface area contributed by atoms with E-state index in [9.17, 15) is 0 Å². The van der Waals surface area contributed by atoms with Gasteiger partial charge in [0.1, 0.15) is 5.75 Å². The minimum atomic E-state index is 0.273. The second kappa shape index (κ2) is 5.88. The lowest BCUT2D eigenvalue weighted by molar-refractivity contribution is 0.339. The Balaban J connectivity index is 3.31. The first-order chi connectivity index (χ1) is 7.60. The lowest BCUT2D eigenvalue weighted by Gasteiger charge is -2.11. The molecule has 0 saturated heterocycles. The first-order valence-corrected chi connectivity index (χ1v) is 5.73. The Morgan fingerprint density at radius 1 is 1.44 bits per heavy atom. The third-order valence-electron chi connectivity index (χ3n) is 2.01. The SMILES string of the molecule is [C-]#[N+]C(S)=C(S)c1cc(C)ccc1OCC. The molecule has 0 N–H and O–H groups in total. The van der Waals surface area contributed by atoms with Crippen LogP contribution in [-0.2, 0) is 0 Å². The second-order valence-corrected chi connectivity index (χ2v) is 4.09. The van der Waals surface area contributed by atoms with E-state index in [2.05, 4.69) is 30.1 Å². The average Bonchev–Trinajstić information content (AvgIpc) is 2.29. The molecular formula is C12H13NOS2. The van der Waals surface area contributed by atoms with E-state index in [4.69, 9.17) is 11.3 Å². The molecule has 0 saturated carbocycles. The average molecular weight is 251 g/mol. The molecule has 1 rings (SSSR count). The number of benzene rings is 1. The van der Waals surface area contributed by atoms with Crippen molar-refractivity contribution >= 4 is 30.2 Å². The van der Waals surface area contributed by atoms with Gasteiger partial charge in [-0.3, -0.25) is 0 Å². The summed E-state index contributed by atoms with van der Waals surface area (Å²) in [6, 6.07) is 5.79. The minimum Gasteiger partial charge on any atom is -0.493 e. The van der Waals surface area contributed by atoms with Crippen LogP contribution in [0.5, 0.6) is 5.75 Å². The maximum atomic E-state index is 6.92. The predicted octanol–water partition coefficient (Wildman–Crippen LogP) is 3.80. The van der Waals surface area contributed by atoms with Crippen LogP contribution >= 0.6 is 25.3 Å². The molecule has 0 unspecified atom stereocenters. The smallest absolute Gasteiger partial charge is 0.231 e. The molecule has 16 heavy (non-hydrogen) atoms. The highest BCUT2D eigenvalue weighted by Crippen LogP contribution is 2.33. The van der Waals surface area contributed by atoms with Crippen molar-refractivity contribution in [2.24, 2.45) is 0 Å². The van der Waals surface area contributed by atoms with E-state index in [1.165, 1.54) is 0 Å².